The standard InChI is InChI=1S/C16H28N4O7/c1-7(16(26)27)18-14(24)12(9(3)22)19-13(23)10-5-4-6-20(10)15(25)11(17)8(2)21/h7-12,21-22H,4-6,17H2,1-3H3,(H,18,24)(H,19,23)(H,26,27). The molecule has 7 N–H and O–H groups in total. The number of hydrogen-bond donors (Lipinski definition) is 6. The number of aliphatic hydroxyl groups is 2. The molecule has 11 nitrogen and oxygen atoms in total. The number of aliphatic hydroxyl groups excluding tert-OH is 2. The molecule has 0 aromatic carbocycles. The first-order valence-corrected chi connectivity index (χ1v) is 8.73. The highest BCUT2D eigenvalue weighted by Gasteiger charge is 2.39. The normalized spacial score (nSPS) is 22.3. The van der Waals surface area contributed by atoms with Crippen LogP contribution in [0.25, 0.3) is 0 Å². The molecule has 0 spiro atoms. The lowest BCUT2D eigenvalue weighted by Gasteiger charge is -2.29. The van der Waals surface area contributed by atoms with Gasteiger partial charge in [-0.05, 0) is 33.6 Å². The molecule has 1 rings (SSSR count). The Morgan fingerprint density at radius 3 is 2.15 bits per heavy atom. The average molecular weight is 388 g/mol. The van der Waals surface area contributed by atoms with Crippen molar-refractivity contribution >= 4 is 23.7 Å². The van der Waals surface area contributed by atoms with Gasteiger partial charge in [-0.1, -0.05) is 0 Å². The Hall–Kier alpha value is -2.24. The summed E-state index contributed by atoms with van der Waals surface area (Å²) in [5, 5.41) is 32.7. The molecule has 3 amide bonds. The second kappa shape index (κ2) is 9.62. The van der Waals surface area contributed by atoms with Crippen LogP contribution in [0.4, 0.5) is 0 Å². The lowest BCUT2D eigenvalue weighted by molar-refractivity contribution is -0.144. The molecule has 27 heavy (non-hydrogen) atoms. The lowest BCUT2D eigenvalue weighted by atomic mass is 10.1. The van der Waals surface area contributed by atoms with Gasteiger partial charge in [0.2, 0.25) is 17.7 Å². The Balaban J connectivity index is 2.84. The van der Waals surface area contributed by atoms with Crippen LogP contribution in [0.5, 0.6) is 0 Å². The lowest BCUT2D eigenvalue weighted by Crippen LogP contribution is -2.59. The summed E-state index contributed by atoms with van der Waals surface area (Å²) in [4.78, 5) is 49.2. The topological polar surface area (TPSA) is 182 Å². The monoisotopic (exact) mass is 388 g/mol. The molecule has 6 unspecified atom stereocenters. The Kier molecular flexibility index (Phi) is 8.13. The quantitative estimate of drug-likeness (QED) is 0.256. The van der Waals surface area contributed by atoms with Crippen molar-refractivity contribution in [2.24, 2.45) is 5.73 Å². The van der Waals surface area contributed by atoms with E-state index in [1.54, 1.807) is 0 Å². The van der Waals surface area contributed by atoms with E-state index in [4.69, 9.17) is 10.8 Å². The fourth-order valence-corrected chi connectivity index (χ4v) is 2.72. The number of nitrogens with zero attached hydrogens (tertiary/aromatic N) is 1. The summed E-state index contributed by atoms with van der Waals surface area (Å²) in [6.45, 7) is 4.16. The zero-order valence-corrected chi connectivity index (χ0v) is 15.6. The predicted molar refractivity (Wildman–Crippen MR) is 93.2 cm³/mol. The third-order valence-electron chi connectivity index (χ3n) is 4.44. The minimum absolute atomic E-state index is 0.277. The largest absolute Gasteiger partial charge is 0.480 e. The van der Waals surface area contributed by atoms with Crippen molar-refractivity contribution in [3.63, 3.8) is 0 Å². The SMILES string of the molecule is CC(NC(=O)C(NC(=O)C1CCCN1C(=O)C(N)C(C)O)C(C)O)C(=O)O. The first-order chi connectivity index (χ1) is 12.5. The molecule has 1 fully saturated rings. The van der Waals surface area contributed by atoms with E-state index in [2.05, 4.69) is 10.6 Å². The van der Waals surface area contributed by atoms with Crippen LogP contribution in [0.1, 0.15) is 33.6 Å². The Bertz CT molecular complexity index is 581. The van der Waals surface area contributed by atoms with Crippen LogP contribution in [0.15, 0.2) is 0 Å². The van der Waals surface area contributed by atoms with Crippen molar-refractivity contribution in [3.8, 4) is 0 Å². The van der Waals surface area contributed by atoms with Gasteiger partial charge in [-0.25, -0.2) is 0 Å². The summed E-state index contributed by atoms with van der Waals surface area (Å²) in [7, 11) is 0. The Morgan fingerprint density at radius 2 is 1.67 bits per heavy atom. The number of amides is 3. The fourth-order valence-electron chi connectivity index (χ4n) is 2.72. The minimum atomic E-state index is -1.39. The van der Waals surface area contributed by atoms with Crippen molar-refractivity contribution in [2.45, 2.75) is 70.0 Å². The number of aliphatic carboxylic acids is 1. The summed E-state index contributed by atoms with van der Waals surface area (Å²) in [5.74, 6) is -3.37. The molecule has 1 heterocycles. The Labute approximate surface area is 156 Å². The van der Waals surface area contributed by atoms with Crippen molar-refractivity contribution < 1.29 is 34.5 Å². The number of carboxylic acid groups (broad SMARTS) is 1. The van der Waals surface area contributed by atoms with E-state index in [9.17, 15) is 29.4 Å². The molecule has 0 bridgehead atoms. The summed E-state index contributed by atoms with van der Waals surface area (Å²) in [6, 6.07) is -4.66. The molecule has 1 aliphatic heterocycles. The van der Waals surface area contributed by atoms with E-state index in [1.165, 1.54) is 25.7 Å². The van der Waals surface area contributed by atoms with E-state index in [1.807, 2.05) is 0 Å². The van der Waals surface area contributed by atoms with Crippen LogP contribution in [-0.4, -0.2) is 86.8 Å². The van der Waals surface area contributed by atoms with Crippen LogP contribution in [-0.2, 0) is 19.2 Å². The molecule has 0 saturated carbocycles. The van der Waals surface area contributed by atoms with Crippen LogP contribution in [0, 0.1) is 0 Å². The van der Waals surface area contributed by atoms with Gasteiger partial charge in [0.15, 0.2) is 0 Å². The second-order valence-corrected chi connectivity index (χ2v) is 6.75. The number of nitrogens with two attached hydrogens (primary N) is 1. The van der Waals surface area contributed by atoms with Gasteiger partial charge in [-0.2, -0.15) is 0 Å². The Morgan fingerprint density at radius 1 is 1.07 bits per heavy atom. The highest BCUT2D eigenvalue weighted by atomic mass is 16.4. The zero-order valence-electron chi connectivity index (χ0n) is 15.6. The summed E-state index contributed by atoms with van der Waals surface area (Å²) >= 11 is 0. The molecular weight excluding hydrogens is 360 g/mol. The smallest absolute Gasteiger partial charge is 0.325 e. The summed E-state index contributed by atoms with van der Waals surface area (Å²) in [5.41, 5.74) is 5.65. The molecule has 11 heteroatoms. The molecule has 0 radical (unpaired) electrons. The van der Waals surface area contributed by atoms with E-state index in [-0.39, 0.29) is 6.54 Å². The van der Waals surface area contributed by atoms with E-state index in [0.717, 1.165) is 0 Å². The van der Waals surface area contributed by atoms with Gasteiger partial charge in [0.05, 0.1) is 12.2 Å². The molecule has 0 aromatic heterocycles. The number of hydrogen-bond acceptors (Lipinski definition) is 7. The molecule has 0 aromatic rings. The maximum atomic E-state index is 12.6. The van der Waals surface area contributed by atoms with Gasteiger partial charge in [-0.15, -0.1) is 0 Å². The third kappa shape index (κ3) is 5.88. The number of rotatable bonds is 8. The van der Waals surface area contributed by atoms with Gasteiger partial charge in [0.25, 0.3) is 0 Å². The van der Waals surface area contributed by atoms with E-state index < -0.39 is 60.1 Å². The van der Waals surface area contributed by atoms with Gasteiger partial charge in [-0.3, -0.25) is 19.2 Å². The number of nitrogens with one attached hydrogen (secondary N) is 2. The van der Waals surface area contributed by atoms with E-state index >= 15 is 0 Å². The number of likely N-dealkylation sites (tertiary alicyclic amines) is 1. The molecule has 1 aliphatic rings. The highest BCUT2D eigenvalue weighted by molar-refractivity contribution is 5.94. The van der Waals surface area contributed by atoms with Gasteiger partial charge in [0.1, 0.15) is 24.2 Å². The van der Waals surface area contributed by atoms with Crippen molar-refractivity contribution in [3.05, 3.63) is 0 Å². The number of carbonyl (C=O) groups is 4. The van der Waals surface area contributed by atoms with Gasteiger partial charge >= 0.3 is 5.97 Å². The van der Waals surface area contributed by atoms with Crippen molar-refractivity contribution in [1.82, 2.24) is 15.5 Å². The zero-order chi connectivity index (χ0) is 20.9. The molecular formula is C16H28N4O7. The van der Waals surface area contributed by atoms with E-state index in [0.29, 0.717) is 12.8 Å². The number of carboxylic acids is 1. The predicted octanol–water partition coefficient (Wildman–Crippen LogP) is -2.86. The maximum absolute atomic E-state index is 12.6. The van der Waals surface area contributed by atoms with Crippen LogP contribution in [0.2, 0.25) is 0 Å². The van der Waals surface area contributed by atoms with Crippen LogP contribution >= 0.6 is 0 Å². The minimum Gasteiger partial charge on any atom is -0.480 e. The third-order valence-corrected chi connectivity index (χ3v) is 4.44. The molecule has 6 atom stereocenters. The maximum Gasteiger partial charge on any atom is 0.325 e. The number of carbonyl (C=O) groups excluding carboxylic acids is 3. The van der Waals surface area contributed by atoms with Crippen molar-refractivity contribution in [1.29, 1.82) is 0 Å². The molecule has 1 saturated heterocycles. The first kappa shape index (κ1) is 22.8. The van der Waals surface area contributed by atoms with Gasteiger partial charge < -0.3 is 36.6 Å². The van der Waals surface area contributed by atoms with Crippen LogP contribution < -0.4 is 16.4 Å². The highest BCUT2D eigenvalue weighted by Crippen LogP contribution is 2.19. The van der Waals surface area contributed by atoms with Crippen LogP contribution in [0.3, 0.4) is 0 Å². The average Bonchev–Trinajstić information content (AvgIpc) is 3.06. The fraction of sp³-hybridized carbons (Fsp3) is 0.750. The van der Waals surface area contributed by atoms with Crippen molar-refractivity contribution in [2.75, 3.05) is 6.54 Å². The molecule has 0 aliphatic carbocycles. The molecule has 154 valence electrons. The summed E-state index contributed by atoms with van der Waals surface area (Å²) < 4.78 is 0. The first-order valence-electron chi connectivity index (χ1n) is 8.73. The second-order valence-electron chi connectivity index (χ2n) is 6.75. The summed E-state index contributed by atoms with van der Waals surface area (Å²) in [6.07, 6.45) is -1.50. The van der Waals surface area contributed by atoms with Gasteiger partial charge in [0, 0.05) is 6.54 Å².